The van der Waals surface area contributed by atoms with Crippen LogP contribution in [0.15, 0.2) is 30.3 Å². The zero-order chi connectivity index (χ0) is 11.7. The van der Waals surface area contributed by atoms with E-state index in [-0.39, 0.29) is 18.2 Å². The Bertz CT molecular complexity index is 523. The monoisotopic (exact) mass is 287 g/mol. The molecule has 0 saturated carbocycles. The van der Waals surface area contributed by atoms with E-state index < -0.39 is 0 Å². The summed E-state index contributed by atoms with van der Waals surface area (Å²) in [6, 6.07) is 11.0. The van der Waals surface area contributed by atoms with Crippen LogP contribution < -0.4 is 8.59 Å². The smallest absolute Gasteiger partial charge is 0.377 e. The van der Waals surface area contributed by atoms with Crippen molar-refractivity contribution in [2.45, 2.75) is 6.92 Å². The summed E-state index contributed by atoms with van der Waals surface area (Å²) in [6.45, 7) is 2.21. The molecule has 2 aromatic carbocycles. The van der Waals surface area contributed by atoms with Gasteiger partial charge in [-0.3, -0.25) is 12.9 Å². The number of rotatable bonds is 2. The predicted molar refractivity (Wildman–Crippen MR) is 77.3 cm³/mol. The van der Waals surface area contributed by atoms with Crippen LogP contribution in [0.4, 0.5) is 5.69 Å². The molecule has 0 spiro atoms. The van der Waals surface area contributed by atoms with Crippen molar-refractivity contribution in [1.82, 2.24) is 0 Å². The van der Waals surface area contributed by atoms with E-state index in [1.54, 1.807) is 0 Å². The van der Waals surface area contributed by atoms with Crippen molar-refractivity contribution in [3.63, 3.8) is 0 Å². The van der Waals surface area contributed by atoms with Crippen molar-refractivity contribution in [1.29, 1.82) is 0 Å². The summed E-state index contributed by atoms with van der Waals surface area (Å²) in [5.74, 6) is 0. The molecule has 0 atom stereocenters. The fourth-order valence-electron chi connectivity index (χ4n) is 2.10. The highest BCUT2D eigenvalue weighted by Crippen LogP contribution is 2.25. The number of fused-ring (bicyclic) bond motifs is 1. The summed E-state index contributed by atoms with van der Waals surface area (Å²) >= 11 is 3.41. The maximum absolute atomic E-state index is 3.72. The molecule has 0 aromatic heterocycles. The molecule has 0 radical (unpaired) electrons. The van der Waals surface area contributed by atoms with Crippen LogP contribution >= 0.6 is 12.9 Å². The quantitative estimate of drug-likeness (QED) is 0.768. The minimum atomic E-state index is -0.306. The Hall–Kier alpha value is -0.254. The standard InChI is InChI=1S/C13H14N.BrH.Mg/c1-10-8-11-6-4-5-7-12(11)13(9-10)14(2)3;;/h4-7,9H,1-3H3;1H;/q;;+1/p-1. The molecule has 3 heteroatoms. The zero-order valence-electron chi connectivity index (χ0n) is 9.92. The maximum Gasteiger partial charge on any atom is 0.508 e. The molecule has 2 rings (SSSR count). The largest absolute Gasteiger partial charge is 0.508 e. The Morgan fingerprint density at radius 2 is 1.75 bits per heavy atom. The fourth-order valence-corrected chi connectivity index (χ4v) is 5.10. The molecule has 0 amide bonds. The van der Waals surface area contributed by atoms with Gasteiger partial charge in [-0.2, -0.15) is 0 Å². The van der Waals surface area contributed by atoms with Crippen molar-refractivity contribution in [2.75, 3.05) is 19.0 Å². The third-order valence-corrected chi connectivity index (χ3v) is 5.86. The van der Waals surface area contributed by atoms with E-state index in [1.165, 1.54) is 25.7 Å². The van der Waals surface area contributed by atoms with Gasteiger partial charge in [0, 0.05) is 25.2 Å². The van der Waals surface area contributed by atoms with Crippen LogP contribution in [0.1, 0.15) is 5.56 Å². The second-order valence-electron chi connectivity index (χ2n) is 4.26. The molecule has 0 heterocycles. The lowest BCUT2D eigenvalue weighted by molar-refractivity contribution is 1.14. The van der Waals surface area contributed by atoms with Crippen LogP contribution in [0.3, 0.4) is 0 Å². The number of aryl methyl sites for hydroxylation is 1. The molecule has 0 aliphatic rings. The number of anilines is 1. The lowest BCUT2D eigenvalue weighted by atomic mass is 10.0. The fraction of sp³-hybridized carbons (Fsp3) is 0.231. The summed E-state index contributed by atoms with van der Waals surface area (Å²) in [5.41, 5.74) is 2.72. The highest BCUT2D eigenvalue weighted by atomic mass is 79.9. The second-order valence-corrected chi connectivity index (χ2v) is 6.92. The third kappa shape index (κ3) is 2.08. The molecular weight excluding hydrogens is 274 g/mol. The van der Waals surface area contributed by atoms with E-state index in [9.17, 15) is 0 Å². The normalized spacial score (nSPS) is 10.2. The first-order chi connectivity index (χ1) is 7.65. The Balaban J connectivity index is 2.86. The molecule has 0 bridgehead atoms. The van der Waals surface area contributed by atoms with Crippen LogP contribution in [0.2, 0.25) is 0 Å². The molecular formula is C13H14BrMgN. The number of hydrogen-bond acceptors (Lipinski definition) is 1. The molecule has 0 saturated heterocycles. The van der Waals surface area contributed by atoms with Crippen molar-refractivity contribution >= 4 is 51.2 Å². The van der Waals surface area contributed by atoms with E-state index in [2.05, 4.69) is 69.1 Å². The molecule has 0 fully saturated rings. The van der Waals surface area contributed by atoms with Crippen molar-refractivity contribution in [3.05, 3.63) is 35.9 Å². The van der Waals surface area contributed by atoms with Crippen molar-refractivity contribution < 1.29 is 0 Å². The zero-order valence-corrected chi connectivity index (χ0v) is 12.9. The second kappa shape index (κ2) is 4.94. The topological polar surface area (TPSA) is 3.24 Å². The van der Waals surface area contributed by atoms with Crippen LogP contribution in [-0.4, -0.2) is 32.3 Å². The van der Waals surface area contributed by atoms with Gasteiger partial charge in [0.2, 0.25) is 0 Å². The molecule has 0 aliphatic heterocycles. The van der Waals surface area contributed by atoms with Gasteiger partial charge in [-0.25, -0.2) is 0 Å². The van der Waals surface area contributed by atoms with E-state index in [1.807, 2.05) is 0 Å². The Morgan fingerprint density at radius 3 is 2.31 bits per heavy atom. The van der Waals surface area contributed by atoms with Gasteiger partial charge < -0.3 is 4.90 Å². The minimum Gasteiger partial charge on any atom is -0.377 e. The van der Waals surface area contributed by atoms with E-state index in [0.29, 0.717) is 0 Å². The van der Waals surface area contributed by atoms with Crippen LogP contribution in [0.5, 0.6) is 0 Å². The van der Waals surface area contributed by atoms with E-state index >= 15 is 0 Å². The average Bonchev–Trinajstić information content (AvgIpc) is 2.28. The summed E-state index contributed by atoms with van der Waals surface area (Å²) < 4.78 is 1.53. The molecule has 0 aliphatic carbocycles. The summed E-state index contributed by atoms with van der Waals surface area (Å²) in [7, 11) is 4.21. The first kappa shape index (κ1) is 12.2. The van der Waals surface area contributed by atoms with Gasteiger partial charge in [0.1, 0.15) is 0 Å². The SMILES string of the molecule is Cc1cc(N(C)C)c2ccccc2[c]1[Mg][Br]. The first-order valence-corrected chi connectivity index (χ1v) is 10.00. The average molecular weight is 288 g/mol. The summed E-state index contributed by atoms with van der Waals surface area (Å²) in [4.78, 5) is 2.19. The molecule has 0 unspecified atom stereocenters. The van der Waals surface area contributed by atoms with Crippen LogP contribution in [-0.2, 0) is 0 Å². The number of hydrogen-bond donors (Lipinski definition) is 0. The van der Waals surface area contributed by atoms with Gasteiger partial charge in [0.15, 0.2) is 0 Å². The van der Waals surface area contributed by atoms with Gasteiger partial charge in [0.25, 0.3) is 0 Å². The maximum atomic E-state index is 3.72. The molecule has 0 N–H and O–H groups in total. The lowest BCUT2D eigenvalue weighted by Crippen LogP contribution is -2.17. The molecule has 1 nitrogen and oxygen atoms in total. The number of halogens is 1. The molecule has 80 valence electrons. The lowest BCUT2D eigenvalue weighted by Gasteiger charge is -2.19. The predicted octanol–water partition coefficient (Wildman–Crippen LogP) is 2.85. The highest BCUT2D eigenvalue weighted by molar-refractivity contribution is 9.23. The summed E-state index contributed by atoms with van der Waals surface area (Å²) in [5, 5.41) is 2.77. The van der Waals surface area contributed by atoms with Crippen LogP contribution in [0.25, 0.3) is 10.8 Å². The first-order valence-electron chi connectivity index (χ1n) is 5.39. The van der Waals surface area contributed by atoms with Gasteiger partial charge >= 0.3 is 18.2 Å². The number of benzene rings is 2. The van der Waals surface area contributed by atoms with Crippen molar-refractivity contribution in [2.24, 2.45) is 0 Å². The third-order valence-electron chi connectivity index (χ3n) is 2.97. The van der Waals surface area contributed by atoms with Gasteiger partial charge in [-0.15, -0.1) is 3.69 Å². The van der Waals surface area contributed by atoms with Crippen LogP contribution in [0, 0.1) is 6.92 Å². The minimum absolute atomic E-state index is 0.306. The van der Waals surface area contributed by atoms with Crippen molar-refractivity contribution in [3.8, 4) is 0 Å². The van der Waals surface area contributed by atoms with Gasteiger partial charge in [-0.1, -0.05) is 29.8 Å². The Kier molecular flexibility index (Phi) is 3.77. The summed E-state index contributed by atoms with van der Waals surface area (Å²) in [6.07, 6.45) is 0. The Labute approximate surface area is 112 Å². The van der Waals surface area contributed by atoms with E-state index in [0.717, 1.165) is 0 Å². The van der Waals surface area contributed by atoms with Gasteiger partial charge in [0.05, 0.1) is 0 Å². The van der Waals surface area contributed by atoms with E-state index in [4.69, 9.17) is 0 Å². The van der Waals surface area contributed by atoms with Gasteiger partial charge in [-0.05, 0) is 18.4 Å². The molecule has 16 heavy (non-hydrogen) atoms. The highest BCUT2D eigenvalue weighted by Gasteiger charge is 2.10. The molecule has 2 aromatic rings. The number of nitrogens with zero attached hydrogens (tertiary/aromatic N) is 1. The Morgan fingerprint density at radius 1 is 1.12 bits per heavy atom.